The SMILES string of the molecule is CSCC[C@H](NC(=O)c1cc[nH]c1C)C(=O)O. The van der Waals surface area contributed by atoms with Gasteiger partial charge in [0.05, 0.1) is 5.56 Å². The summed E-state index contributed by atoms with van der Waals surface area (Å²) in [5.41, 5.74) is 1.22. The molecule has 1 aromatic heterocycles. The first-order valence-electron chi connectivity index (χ1n) is 5.23. The van der Waals surface area contributed by atoms with Gasteiger partial charge in [0.2, 0.25) is 0 Å². The Kier molecular flexibility index (Phi) is 5.09. The van der Waals surface area contributed by atoms with E-state index in [1.807, 2.05) is 6.26 Å². The Hall–Kier alpha value is -1.43. The minimum Gasteiger partial charge on any atom is -0.480 e. The zero-order valence-corrected chi connectivity index (χ0v) is 10.6. The number of rotatable bonds is 6. The van der Waals surface area contributed by atoms with E-state index in [1.54, 1.807) is 30.9 Å². The van der Waals surface area contributed by atoms with Gasteiger partial charge in [-0.2, -0.15) is 11.8 Å². The highest BCUT2D eigenvalue weighted by Crippen LogP contribution is 2.07. The first kappa shape index (κ1) is 13.6. The molecule has 0 saturated carbocycles. The molecule has 5 nitrogen and oxygen atoms in total. The second kappa shape index (κ2) is 6.34. The van der Waals surface area contributed by atoms with E-state index in [2.05, 4.69) is 10.3 Å². The van der Waals surface area contributed by atoms with E-state index in [0.717, 1.165) is 5.69 Å². The number of amides is 1. The van der Waals surface area contributed by atoms with Gasteiger partial charge in [-0.05, 0) is 31.4 Å². The average Bonchev–Trinajstić information content (AvgIpc) is 2.70. The number of hydrogen-bond donors (Lipinski definition) is 3. The summed E-state index contributed by atoms with van der Waals surface area (Å²) in [6.07, 6.45) is 3.98. The Morgan fingerprint density at radius 3 is 2.76 bits per heavy atom. The molecular weight excluding hydrogens is 240 g/mol. The van der Waals surface area contributed by atoms with E-state index in [4.69, 9.17) is 5.11 Å². The van der Waals surface area contributed by atoms with Gasteiger partial charge in [-0.3, -0.25) is 4.79 Å². The van der Waals surface area contributed by atoms with Crippen molar-refractivity contribution in [1.82, 2.24) is 10.3 Å². The van der Waals surface area contributed by atoms with E-state index in [9.17, 15) is 9.59 Å². The zero-order valence-electron chi connectivity index (χ0n) is 9.82. The molecule has 1 heterocycles. The number of carboxylic acid groups (broad SMARTS) is 1. The van der Waals surface area contributed by atoms with E-state index < -0.39 is 12.0 Å². The molecule has 94 valence electrons. The van der Waals surface area contributed by atoms with Crippen LogP contribution in [-0.4, -0.2) is 40.0 Å². The fourth-order valence-corrected chi connectivity index (χ4v) is 1.90. The van der Waals surface area contributed by atoms with Gasteiger partial charge in [0.25, 0.3) is 5.91 Å². The van der Waals surface area contributed by atoms with Crippen molar-refractivity contribution in [3.8, 4) is 0 Å². The second-order valence-electron chi connectivity index (χ2n) is 3.66. The van der Waals surface area contributed by atoms with Crippen LogP contribution in [0, 0.1) is 6.92 Å². The Morgan fingerprint density at radius 1 is 1.59 bits per heavy atom. The molecule has 0 radical (unpaired) electrons. The molecule has 0 aromatic carbocycles. The number of aryl methyl sites for hydroxylation is 1. The lowest BCUT2D eigenvalue weighted by atomic mass is 10.2. The van der Waals surface area contributed by atoms with Gasteiger partial charge in [0, 0.05) is 11.9 Å². The lowest BCUT2D eigenvalue weighted by Gasteiger charge is -2.13. The number of aliphatic carboxylic acids is 1. The molecule has 1 aromatic rings. The number of carboxylic acids is 1. The number of aromatic amines is 1. The molecule has 1 amide bonds. The molecular formula is C11H16N2O3S. The standard InChI is InChI=1S/C11H16N2O3S/c1-7-8(3-5-12-7)10(14)13-9(11(15)16)4-6-17-2/h3,5,9,12H,4,6H2,1-2H3,(H,13,14)(H,15,16)/t9-/m0/s1. The summed E-state index contributed by atoms with van der Waals surface area (Å²) in [5.74, 6) is -0.651. The van der Waals surface area contributed by atoms with Crippen LogP contribution < -0.4 is 5.32 Å². The first-order valence-corrected chi connectivity index (χ1v) is 6.62. The third-order valence-corrected chi connectivity index (χ3v) is 3.06. The zero-order chi connectivity index (χ0) is 12.8. The summed E-state index contributed by atoms with van der Waals surface area (Å²) < 4.78 is 0. The maximum Gasteiger partial charge on any atom is 0.326 e. The number of hydrogen-bond acceptors (Lipinski definition) is 3. The van der Waals surface area contributed by atoms with E-state index in [1.165, 1.54) is 0 Å². The number of carbonyl (C=O) groups is 2. The van der Waals surface area contributed by atoms with Crippen molar-refractivity contribution in [1.29, 1.82) is 0 Å². The Balaban J connectivity index is 2.64. The molecule has 0 bridgehead atoms. The van der Waals surface area contributed by atoms with Crippen LogP contribution >= 0.6 is 11.8 Å². The number of carbonyl (C=O) groups excluding carboxylic acids is 1. The van der Waals surface area contributed by atoms with Crippen molar-refractivity contribution in [3.63, 3.8) is 0 Å². The van der Waals surface area contributed by atoms with Crippen molar-refractivity contribution in [2.24, 2.45) is 0 Å². The molecule has 1 atom stereocenters. The van der Waals surface area contributed by atoms with Gasteiger partial charge in [-0.1, -0.05) is 0 Å². The molecule has 0 unspecified atom stereocenters. The van der Waals surface area contributed by atoms with Crippen molar-refractivity contribution in [2.45, 2.75) is 19.4 Å². The van der Waals surface area contributed by atoms with Gasteiger partial charge < -0.3 is 15.4 Å². The van der Waals surface area contributed by atoms with Crippen molar-refractivity contribution >= 4 is 23.6 Å². The molecule has 6 heteroatoms. The van der Waals surface area contributed by atoms with Gasteiger partial charge in [0.1, 0.15) is 6.04 Å². The minimum absolute atomic E-state index is 0.350. The van der Waals surface area contributed by atoms with Crippen LogP contribution in [0.15, 0.2) is 12.3 Å². The molecule has 0 spiro atoms. The summed E-state index contributed by atoms with van der Waals surface area (Å²) in [6, 6.07) is 0.808. The number of aromatic nitrogens is 1. The monoisotopic (exact) mass is 256 g/mol. The van der Waals surface area contributed by atoms with Gasteiger partial charge in [0.15, 0.2) is 0 Å². The largest absolute Gasteiger partial charge is 0.480 e. The molecule has 0 aliphatic carbocycles. The molecule has 0 aliphatic rings. The second-order valence-corrected chi connectivity index (χ2v) is 4.65. The highest BCUT2D eigenvalue weighted by atomic mass is 32.2. The summed E-state index contributed by atoms with van der Waals surface area (Å²) in [6.45, 7) is 1.77. The van der Waals surface area contributed by atoms with E-state index in [0.29, 0.717) is 17.7 Å². The average molecular weight is 256 g/mol. The lowest BCUT2D eigenvalue weighted by Crippen LogP contribution is -2.41. The highest BCUT2D eigenvalue weighted by Gasteiger charge is 2.21. The molecule has 17 heavy (non-hydrogen) atoms. The van der Waals surface area contributed by atoms with E-state index in [-0.39, 0.29) is 5.91 Å². The van der Waals surface area contributed by atoms with Crippen molar-refractivity contribution in [3.05, 3.63) is 23.5 Å². The molecule has 0 fully saturated rings. The van der Waals surface area contributed by atoms with Crippen LogP contribution in [0.4, 0.5) is 0 Å². The summed E-state index contributed by atoms with van der Waals surface area (Å²) in [5, 5.41) is 11.5. The maximum absolute atomic E-state index is 11.8. The van der Waals surface area contributed by atoms with Crippen LogP contribution in [0.2, 0.25) is 0 Å². The molecule has 0 saturated heterocycles. The number of H-pyrrole nitrogens is 1. The Morgan fingerprint density at radius 2 is 2.29 bits per heavy atom. The predicted molar refractivity (Wildman–Crippen MR) is 67.4 cm³/mol. The van der Waals surface area contributed by atoms with Crippen molar-refractivity contribution < 1.29 is 14.7 Å². The van der Waals surface area contributed by atoms with Gasteiger partial charge in [-0.15, -0.1) is 0 Å². The summed E-state index contributed by atoms with van der Waals surface area (Å²) in [4.78, 5) is 25.6. The van der Waals surface area contributed by atoms with Gasteiger partial charge in [-0.25, -0.2) is 4.79 Å². The van der Waals surface area contributed by atoms with Crippen LogP contribution in [0.25, 0.3) is 0 Å². The fourth-order valence-electron chi connectivity index (χ4n) is 1.43. The van der Waals surface area contributed by atoms with Crippen molar-refractivity contribution in [2.75, 3.05) is 12.0 Å². The lowest BCUT2D eigenvalue weighted by molar-refractivity contribution is -0.139. The normalized spacial score (nSPS) is 12.1. The van der Waals surface area contributed by atoms with Crippen LogP contribution in [0.5, 0.6) is 0 Å². The van der Waals surface area contributed by atoms with Crippen LogP contribution in [0.1, 0.15) is 22.5 Å². The van der Waals surface area contributed by atoms with Gasteiger partial charge >= 0.3 is 5.97 Å². The predicted octanol–water partition coefficient (Wildman–Crippen LogP) is 1.26. The summed E-state index contributed by atoms with van der Waals surface area (Å²) in [7, 11) is 0. The molecule has 0 aliphatic heterocycles. The quantitative estimate of drug-likeness (QED) is 0.715. The highest BCUT2D eigenvalue weighted by molar-refractivity contribution is 7.98. The third kappa shape index (κ3) is 3.81. The number of thioether (sulfide) groups is 1. The van der Waals surface area contributed by atoms with E-state index >= 15 is 0 Å². The molecule has 1 rings (SSSR count). The van der Waals surface area contributed by atoms with Crippen LogP contribution in [-0.2, 0) is 4.79 Å². The Bertz CT molecular complexity index is 403. The smallest absolute Gasteiger partial charge is 0.326 e. The van der Waals surface area contributed by atoms with Crippen LogP contribution in [0.3, 0.4) is 0 Å². The topological polar surface area (TPSA) is 82.2 Å². The fraction of sp³-hybridized carbons (Fsp3) is 0.455. The molecule has 3 N–H and O–H groups in total. The third-order valence-electron chi connectivity index (χ3n) is 2.41. The Labute approximate surface area is 104 Å². The maximum atomic E-state index is 11.8. The minimum atomic E-state index is -0.999. The first-order chi connectivity index (χ1) is 8.06. The number of nitrogens with one attached hydrogen (secondary N) is 2. The summed E-state index contributed by atoms with van der Waals surface area (Å²) >= 11 is 1.55.